The van der Waals surface area contributed by atoms with Gasteiger partial charge in [0.1, 0.15) is 0 Å². The third-order valence-corrected chi connectivity index (χ3v) is 3.17. The summed E-state index contributed by atoms with van der Waals surface area (Å²) in [5.41, 5.74) is -0.596. The number of nitrogens with one attached hydrogen (secondary N) is 2. The third kappa shape index (κ3) is 1.97. The molecule has 0 spiro atoms. The molecule has 5 nitrogen and oxygen atoms in total. The van der Waals surface area contributed by atoms with Gasteiger partial charge in [0.05, 0.1) is 0 Å². The fourth-order valence-corrected chi connectivity index (χ4v) is 2.34. The molecule has 1 aliphatic rings. The monoisotopic (exact) mass is 238 g/mol. The maximum Gasteiger partial charge on any atom is 0.328 e. The number of imide groups is 2. The van der Waals surface area contributed by atoms with E-state index in [0.717, 1.165) is 6.42 Å². The number of amides is 4. The number of allylic oxidation sites excluding steroid dienone is 1. The lowest BCUT2D eigenvalue weighted by Crippen LogP contribution is -2.64. The fraction of sp³-hybridized carbons (Fsp3) is 0.583. The zero-order valence-corrected chi connectivity index (χ0v) is 10.6. The first kappa shape index (κ1) is 13.4. The number of rotatable bonds is 3. The molecule has 0 bridgehead atoms. The summed E-state index contributed by atoms with van der Waals surface area (Å²) in [5, 5.41) is 4.34. The smallest absolute Gasteiger partial charge is 0.277 e. The second-order valence-corrected chi connectivity index (χ2v) is 4.50. The molecule has 0 saturated carbocycles. The van der Waals surface area contributed by atoms with Crippen LogP contribution in [0.25, 0.3) is 0 Å². The molecule has 17 heavy (non-hydrogen) atoms. The number of urea groups is 1. The summed E-state index contributed by atoms with van der Waals surface area (Å²) in [6.07, 6.45) is 2.57. The first-order chi connectivity index (χ1) is 7.87. The summed E-state index contributed by atoms with van der Waals surface area (Å²) in [6.45, 7) is 7.27. The van der Waals surface area contributed by atoms with E-state index >= 15 is 0 Å². The van der Waals surface area contributed by atoms with Gasteiger partial charge in [-0.15, -0.1) is 0 Å². The highest BCUT2D eigenvalue weighted by molar-refractivity contribution is 6.21. The van der Waals surface area contributed by atoms with Gasteiger partial charge >= 0.3 is 6.03 Å². The summed E-state index contributed by atoms with van der Waals surface area (Å²) in [7, 11) is 0. The molecule has 0 aromatic carbocycles. The average Bonchev–Trinajstić information content (AvgIpc) is 2.16. The Bertz CT molecular complexity index is 377. The zero-order chi connectivity index (χ0) is 13.2. The second-order valence-electron chi connectivity index (χ2n) is 4.50. The van der Waals surface area contributed by atoms with Crippen LogP contribution < -0.4 is 10.6 Å². The highest BCUT2D eigenvalue weighted by Crippen LogP contribution is 2.37. The summed E-state index contributed by atoms with van der Waals surface area (Å²) in [4.78, 5) is 35.2. The fourth-order valence-electron chi connectivity index (χ4n) is 2.34. The van der Waals surface area contributed by atoms with E-state index in [2.05, 4.69) is 10.6 Å². The van der Waals surface area contributed by atoms with E-state index in [0.29, 0.717) is 5.57 Å². The van der Waals surface area contributed by atoms with E-state index < -0.39 is 23.3 Å². The van der Waals surface area contributed by atoms with Gasteiger partial charge in [-0.25, -0.2) is 4.79 Å². The van der Waals surface area contributed by atoms with Crippen molar-refractivity contribution in [1.29, 1.82) is 0 Å². The Morgan fingerprint density at radius 1 is 1.24 bits per heavy atom. The van der Waals surface area contributed by atoms with Crippen LogP contribution in [0.5, 0.6) is 0 Å². The molecule has 0 atom stereocenters. The SMILES string of the molecule is CC/C=C(\C)C1(C(C)C)C(=O)NC(=O)NC1=O. The minimum absolute atomic E-state index is 0.224. The van der Waals surface area contributed by atoms with Crippen molar-refractivity contribution < 1.29 is 14.4 Å². The van der Waals surface area contributed by atoms with Crippen LogP contribution in [-0.4, -0.2) is 17.8 Å². The molecule has 1 heterocycles. The van der Waals surface area contributed by atoms with E-state index in [4.69, 9.17) is 0 Å². The van der Waals surface area contributed by atoms with Gasteiger partial charge in [0, 0.05) is 0 Å². The highest BCUT2D eigenvalue weighted by atomic mass is 16.2. The molecule has 94 valence electrons. The summed E-state index contributed by atoms with van der Waals surface area (Å²) < 4.78 is 0. The van der Waals surface area contributed by atoms with Gasteiger partial charge in [0.15, 0.2) is 5.41 Å². The number of carbonyl (C=O) groups excluding carboxylic acids is 3. The zero-order valence-electron chi connectivity index (χ0n) is 10.6. The van der Waals surface area contributed by atoms with Crippen molar-refractivity contribution in [2.75, 3.05) is 0 Å². The van der Waals surface area contributed by atoms with Crippen molar-refractivity contribution in [3.05, 3.63) is 11.6 Å². The Morgan fingerprint density at radius 3 is 2.06 bits per heavy atom. The number of carbonyl (C=O) groups is 3. The van der Waals surface area contributed by atoms with Gasteiger partial charge in [-0.3, -0.25) is 20.2 Å². The van der Waals surface area contributed by atoms with Crippen molar-refractivity contribution in [3.8, 4) is 0 Å². The normalized spacial score (nSPS) is 20.3. The van der Waals surface area contributed by atoms with E-state index in [1.807, 2.05) is 13.0 Å². The van der Waals surface area contributed by atoms with Gasteiger partial charge in [0.2, 0.25) is 11.8 Å². The lowest BCUT2D eigenvalue weighted by atomic mass is 9.69. The van der Waals surface area contributed by atoms with Crippen LogP contribution in [0.4, 0.5) is 4.79 Å². The summed E-state index contributed by atoms with van der Waals surface area (Å²) in [6, 6.07) is -0.749. The van der Waals surface area contributed by atoms with Crippen LogP contribution in [-0.2, 0) is 9.59 Å². The first-order valence-corrected chi connectivity index (χ1v) is 5.71. The maximum atomic E-state index is 12.1. The second kappa shape index (κ2) is 4.69. The molecule has 2 N–H and O–H groups in total. The van der Waals surface area contributed by atoms with Crippen molar-refractivity contribution in [2.45, 2.75) is 34.1 Å². The predicted molar refractivity (Wildman–Crippen MR) is 63.0 cm³/mol. The molecule has 0 aliphatic carbocycles. The van der Waals surface area contributed by atoms with Gasteiger partial charge in [-0.2, -0.15) is 0 Å². The van der Waals surface area contributed by atoms with Crippen LogP contribution in [0.3, 0.4) is 0 Å². The largest absolute Gasteiger partial charge is 0.328 e. The van der Waals surface area contributed by atoms with Crippen molar-refractivity contribution in [3.63, 3.8) is 0 Å². The van der Waals surface area contributed by atoms with Gasteiger partial charge in [-0.05, 0) is 19.3 Å². The minimum atomic E-state index is -1.27. The van der Waals surface area contributed by atoms with Crippen molar-refractivity contribution in [1.82, 2.24) is 10.6 Å². The summed E-state index contributed by atoms with van der Waals surface area (Å²) in [5.74, 6) is -1.30. The third-order valence-electron chi connectivity index (χ3n) is 3.17. The van der Waals surface area contributed by atoms with Crippen LogP contribution in [0.1, 0.15) is 34.1 Å². The molecule has 5 heteroatoms. The molecular formula is C12H18N2O3. The molecule has 0 aromatic heterocycles. The number of hydrogen-bond donors (Lipinski definition) is 2. The van der Waals surface area contributed by atoms with Crippen LogP contribution in [0, 0.1) is 11.3 Å². The molecule has 0 aromatic rings. The number of hydrogen-bond acceptors (Lipinski definition) is 3. The number of barbiturate groups is 1. The van der Waals surface area contributed by atoms with Gasteiger partial charge in [-0.1, -0.05) is 32.4 Å². The molecule has 4 amide bonds. The Hall–Kier alpha value is -1.65. The van der Waals surface area contributed by atoms with Crippen molar-refractivity contribution in [2.24, 2.45) is 11.3 Å². The Labute approximate surface area is 101 Å². The standard InChI is InChI=1S/C12H18N2O3/c1-5-6-8(4)12(7(2)3)9(15)13-11(17)14-10(12)16/h6-7H,5H2,1-4H3,(H2,13,14,15,16,17)/b8-6+. The summed E-state index contributed by atoms with van der Waals surface area (Å²) >= 11 is 0. The van der Waals surface area contributed by atoms with E-state index in [-0.39, 0.29) is 5.92 Å². The average molecular weight is 238 g/mol. The highest BCUT2D eigenvalue weighted by Gasteiger charge is 2.53. The molecule has 1 rings (SSSR count). The lowest BCUT2D eigenvalue weighted by molar-refractivity contribution is -0.144. The minimum Gasteiger partial charge on any atom is -0.277 e. The Balaban J connectivity index is 3.33. The van der Waals surface area contributed by atoms with Crippen LogP contribution in [0.2, 0.25) is 0 Å². The molecule has 1 aliphatic heterocycles. The van der Waals surface area contributed by atoms with Gasteiger partial charge < -0.3 is 0 Å². The van der Waals surface area contributed by atoms with E-state index in [1.54, 1.807) is 20.8 Å². The maximum absolute atomic E-state index is 12.1. The Kier molecular flexibility index (Phi) is 3.70. The first-order valence-electron chi connectivity index (χ1n) is 5.71. The molecule has 0 unspecified atom stereocenters. The quantitative estimate of drug-likeness (QED) is 0.575. The topological polar surface area (TPSA) is 75.3 Å². The van der Waals surface area contributed by atoms with Crippen molar-refractivity contribution >= 4 is 17.8 Å². The Morgan fingerprint density at radius 2 is 1.71 bits per heavy atom. The predicted octanol–water partition coefficient (Wildman–Crippen LogP) is 1.35. The van der Waals surface area contributed by atoms with E-state index in [1.165, 1.54) is 0 Å². The molecule has 1 fully saturated rings. The lowest BCUT2D eigenvalue weighted by Gasteiger charge is -2.38. The van der Waals surface area contributed by atoms with Crippen LogP contribution >= 0.6 is 0 Å². The molecule has 0 radical (unpaired) electrons. The molecular weight excluding hydrogens is 220 g/mol. The van der Waals surface area contributed by atoms with Crippen LogP contribution in [0.15, 0.2) is 11.6 Å². The van der Waals surface area contributed by atoms with E-state index in [9.17, 15) is 14.4 Å². The van der Waals surface area contributed by atoms with Gasteiger partial charge in [0.25, 0.3) is 0 Å². The molecule has 1 saturated heterocycles.